The van der Waals surface area contributed by atoms with E-state index < -0.39 is 10.0 Å². The molecule has 0 amide bonds. The van der Waals surface area contributed by atoms with Crippen LogP contribution in [0.15, 0.2) is 16.6 Å². The molecule has 0 spiro atoms. The topological polar surface area (TPSA) is 111 Å². The average Bonchev–Trinajstić information content (AvgIpc) is 3.02. The number of imidazole rings is 1. The Morgan fingerprint density at radius 1 is 1.48 bits per heavy atom. The first-order chi connectivity index (χ1) is 10.1. The van der Waals surface area contributed by atoms with E-state index in [1.54, 1.807) is 11.6 Å². The number of anilines is 1. The van der Waals surface area contributed by atoms with Gasteiger partial charge in [-0.1, -0.05) is 6.92 Å². The number of sulfonamides is 1. The number of ether oxygens (including phenoxy) is 1. The van der Waals surface area contributed by atoms with Crippen molar-refractivity contribution in [1.29, 1.82) is 0 Å². The molecule has 0 saturated carbocycles. The quantitative estimate of drug-likeness (QED) is 0.355. The number of hydrogen-bond donors (Lipinski definition) is 3. The van der Waals surface area contributed by atoms with Crippen LogP contribution in [-0.4, -0.2) is 37.6 Å². The van der Waals surface area contributed by atoms with Gasteiger partial charge < -0.3 is 10.2 Å². The first-order valence-electron chi connectivity index (χ1n) is 6.59. The summed E-state index contributed by atoms with van der Waals surface area (Å²) in [4.78, 5) is 4.69. The zero-order valence-electron chi connectivity index (χ0n) is 11.7. The van der Waals surface area contributed by atoms with Gasteiger partial charge in [0.05, 0.1) is 0 Å². The van der Waals surface area contributed by atoms with Gasteiger partial charge in [-0.15, -0.1) is 11.3 Å². The molecule has 0 aliphatic rings. The molecule has 118 valence electrons. The SMILES string of the molecule is CCCOCCCNS(=O)(=O)c1c(NN)nc2sccn12. The van der Waals surface area contributed by atoms with Crippen LogP contribution in [-0.2, 0) is 14.8 Å². The number of rotatable bonds is 9. The van der Waals surface area contributed by atoms with Crippen LogP contribution >= 0.6 is 11.3 Å². The summed E-state index contributed by atoms with van der Waals surface area (Å²) in [6.07, 6.45) is 3.20. The molecule has 2 rings (SSSR count). The van der Waals surface area contributed by atoms with Crippen LogP contribution in [0.3, 0.4) is 0 Å². The lowest BCUT2D eigenvalue weighted by molar-refractivity contribution is 0.133. The number of fused-ring (bicyclic) bond motifs is 1. The van der Waals surface area contributed by atoms with Crippen LogP contribution in [0.5, 0.6) is 0 Å². The molecular weight excluding hydrogens is 314 g/mol. The van der Waals surface area contributed by atoms with Gasteiger partial charge in [0.1, 0.15) is 0 Å². The van der Waals surface area contributed by atoms with E-state index in [1.807, 2.05) is 6.92 Å². The highest BCUT2D eigenvalue weighted by atomic mass is 32.2. The maximum atomic E-state index is 12.4. The van der Waals surface area contributed by atoms with Gasteiger partial charge in [0.15, 0.2) is 10.8 Å². The zero-order valence-corrected chi connectivity index (χ0v) is 13.3. The van der Waals surface area contributed by atoms with E-state index in [1.165, 1.54) is 15.7 Å². The second kappa shape index (κ2) is 7.18. The third kappa shape index (κ3) is 3.71. The molecular formula is C11H19N5O3S2. The average molecular weight is 333 g/mol. The molecule has 0 aliphatic carbocycles. The molecule has 2 heterocycles. The fourth-order valence-corrected chi connectivity index (χ4v) is 3.90. The fourth-order valence-electron chi connectivity index (χ4n) is 1.81. The standard InChI is InChI=1S/C11H19N5O3S2/c1-2-6-19-7-3-4-13-21(17,18)10-9(15-12)14-11-16(10)5-8-20-11/h5,8,13,15H,2-4,6-7,12H2,1H3. The minimum atomic E-state index is -3.69. The predicted octanol–water partition coefficient (Wildman–Crippen LogP) is 0.776. The van der Waals surface area contributed by atoms with Crippen molar-refractivity contribution >= 4 is 32.1 Å². The Labute approximate surface area is 127 Å². The maximum Gasteiger partial charge on any atom is 0.260 e. The number of nitrogen functional groups attached to an aromatic ring is 1. The first kappa shape index (κ1) is 16.2. The summed E-state index contributed by atoms with van der Waals surface area (Å²) < 4.78 is 34.1. The van der Waals surface area contributed by atoms with Gasteiger partial charge in [-0.05, 0) is 12.8 Å². The predicted molar refractivity (Wildman–Crippen MR) is 81.8 cm³/mol. The van der Waals surface area contributed by atoms with Crippen molar-refractivity contribution in [2.75, 3.05) is 25.2 Å². The smallest absolute Gasteiger partial charge is 0.260 e. The summed E-state index contributed by atoms with van der Waals surface area (Å²) in [7, 11) is -3.69. The zero-order chi connectivity index (χ0) is 15.3. The molecule has 21 heavy (non-hydrogen) atoms. The van der Waals surface area contributed by atoms with Gasteiger partial charge in [-0.2, -0.15) is 4.98 Å². The number of aromatic nitrogens is 2. The van der Waals surface area contributed by atoms with E-state index >= 15 is 0 Å². The Balaban J connectivity index is 2.05. The van der Waals surface area contributed by atoms with Gasteiger partial charge in [-0.3, -0.25) is 4.40 Å². The van der Waals surface area contributed by atoms with Gasteiger partial charge in [0.25, 0.3) is 10.0 Å². The highest BCUT2D eigenvalue weighted by Gasteiger charge is 2.25. The lowest BCUT2D eigenvalue weighted by atomic mass is 10.4. The number of nitrogens with one attached hydrogen (secondary N) is 2. The van der Waals surface area contributed by atoms with Gasteiger partial charge >= 0.3 is 0 Å². The molecule has 10 heteroatoms. The first-order valence-corrected chi connectivity index (χ1v) is 8.96. The largest absolute Gasteiger partial charge is 0.381 e. The Morgan fingerprint density at radius 2 is 2.29 bits per heavy atom. The summed E-state index contributed by atoms with van der Waals surface area (Å²) in [6.45, 7) is 3.54. The number of hydrogen-bond acceptors (Lipinski definition) is 7. The van der Waals surface area contributed by atoms with Crippen molar-refractivity contribution in [3.05, 3.63) is 11.6 Å². The third-order valence-corrected chi connectivity index (χ3v) is 4.96. The summed E-state index contributed by atoms with van der Waals surface area (Å²) in [5.41, 5.74) is 2.33. The molecule has 0 aromatic carbocycles. The highest BCUT2D eigenvalue weighted by molar-refractivity contribution is 7.89. The van der Waals surface area contributed by atoms with Crippen molar-refractivity contribution in [2.45, 2.75) is 24.8 Å². The van der Waals surface area contributed by atoms with E-state index in [0.29, 0.717) is 31.1 Å². The lowest BCUT2D eigenvalue weighted by Crippen LogP contribution is -2.28. The maximum absolute atomic E-state index is 12.4. The third-order valence-electron chi connectivity index (χ3n) is 2.72. The molecule has 2 aromatic heterocycles. The molecule has 0 bridgehead atoms. The fraction of sp³-hybridized carbons (Fsp3) is 0.545. The van der Waals surface area contributed by atoms with E-state index in [2.05, 4.69) is 15.1 Å². The van der Waals surface area contributed by atoms with E-state index in [0.717, 1.165) is 6.42 Å². The lowest BCUT2D eigenvalue weighted by Gasteiger charge is -2.07. The molecule has 0 saturated heterocycles. The van der Waals surface area contributed by atoms with Crippen LogP contribution < -0.4 is 16.0 Å². The van der Waals surface area contributed by atoms with E-state index in [4.69, 9.17) is 10.6 Å². The number of nitrogens with zero attached hydrogens (tertiary/aromatic N) is 2. The van der Waals surface area contributed by atoms with E-state index in [9.17, 15) is 8.42 Å². The van der Waals surface area contributed by atoms with Crippen molar-refractivity contribution in [3.63, 3.8) is 0 Å². The van der Waals surface area contributed by atoms with Crippen molar-refractivity contribution < 1.29 is 13.2 Å². The van der Waals surface area contributed by atoms with Crippen LogP contribution in [0.4, 0.5) is 5.82 Å². The Kier molecular flexibility index (Phi) is 5.53. The molecule has 0 aliphatic heterocycles. The molecule has 0 radical (unpaired) electrons. The highest BCUT2D eigenvalue weighted by Crippen LogP contribution is 2.24. The Bertz CT molecular complexity index is 679. The Hall–Kier alpha value is -1.20. The normalized spacial score (nSPS) is 12.1. The van der Waals surface area contributed by atoms with Crippen LogP contribution in [0.25, 0.3) is 4.96 Å². The summed E-state index contributed by atoms with van der Waals surface area (Å²) in [5, 5.41) is 1.79. The Morgan fingerprint density at radius 3 is 3.00 bits per heavy atom. The second-order valence-corrected chi connectivity index (χ2v) is 6.88. The monoisotopic (exact) mass is 333 g/mol. The number of hydrazine groups is 1. The molecule has 2 aromatic rings. The molecule has 0 fully saturated rings. The summed E-state index contributed by atoms with van der Waals surface area (Å²) in [6, 6.07) is 0. The second-order valence-electron chi connectivity index (χ2n) is 4.33. The summed E-state index contributed by atoms with van der Waals surface area (Å²) >= 11 is 1.34. The molecule has 0 atom stereocenters. The molecule has 4 N–H and O–H groups in total. The van der Waals surface area contributed by atoms with Crippen molar-refractivity contribution in [1.82, 2.24) is 14.1 Å². The summed E-state index contributed by atoms with van der Waals surface area (Å²) in [5.74, 6) is 5.48. The molecule has 8 nitrogen and oxygen atoms in total. The van der Waals surface area contributed by atoms with Crippen LogP contribution in [0, 0.1) is 0 Å². The number of thiazole rings is 1. The van der Waals surface area contributed by atoms with Crippen molar-refractivity contribution in [3.8, 4) is 0 Å². The van der Waals surface area contributed by atoms with Gasteiger partial charge in [0.2, 0.25) is 5.03 Å². The molecule has 0 unspecified atom stereocenters. The minimum Gasteiger partial charge on any atom is -0.381 e. The van der Waals surface area contributed by atoms with Crippen LogP contribution in [0.1, 0.15) is 19.8 Å². The number of nitrogens with two attached hydrogens (primary N) is 1. The van der Waals surface area contributed by atoms with Crippen molar-refractivity contribution in [2.24, 2.45) is 5.84 Å². The van der Waals surface area contributed by atoms with Crippen LogP contribution in [0.2, 0.25) is 0 Å². The van der Waals surface area contributed by atoms with Gasteiger partial charge in [0, 0.05) is 31.3 Å². The van der Waals surface area contributed by atoms with E-state index in [-0.39, 0.29) is 10.8 Å². The van der Waals surface area contributed by atoms with Gasteiger partial charge in [-0.25, -0.2) is 19.0 Å². The minimum absolute atomic E-state index is 0.0238.